The Balaban J connectivity index is 1.56. The Labute approximate surface area is 198 Å². The highest BCUT2D eigenvalue weighted by Crippen LogP contribution is 2.30. The van der Waals surface area contributed by atoms with Gasteiger partial charge in [-0.3, -0.25) is 9.36 Å². The molecule has 1 aromatic heterocycles. The lowest BCUT2D eigenvalue weighted by molar-refractivity contribution is -0.115. The van der Waals surface area contributed by atoms with Crippen LogP contribution >= 0.6 is 11.8 Å². The Hall–Kier alpha value is -2.84. The number of aromatic nitrogens is 3. The number of methoxy groups -OCH3 is 1. The first-order valence-electron chi connectivity index (χ1n) is 11.2. The summed E-state index contributed by atoms with van der Waals surface area (Å²) in [6.07, 6.45) is 2.19. The van der Waals surface area contributed by atoms with Crippen molar-refractivity contribution in [2.24, 2.45) is 0 Å². The monoisotopic (exact) mass is 466 g/mol. The predicted molar refractivity (Wildman–Crippen MR) is 131 cm³/mol. The second kappa shape index (κ2) is 10.4. The van der Waals surface area contributed by atoms with Crippen molar-refractivity contribution < 1.29 is 14.3 Å². The van der Waals surface area contributed by atoms with Crippen LogP contribution in [0.3, 0.4) is 0 Å². The van der Waals surface area contributed by atoms with E-state index in [1.165, 1.54) is 11.8 Å². The van der Waals surface area contributed by atoms with Gasteiger partial charge in [0.15, 0.2) is 11.0 Å². The Morgan fingerprint density at radius 3 is 2.58 bits per heavy atom. The molecule has 1 amide bonds. The number of nitrogens with one attached hydrogen (secondary N) is 1. The summed E-state index contributed by atoms with van der Waals surface area (Å²) < 4.78 is 13.2. The summed E-state index contributed by atoms with van der Waals surface area (Å²) in [6, 6.07) is 13.8. The van der Waals surface area contributed by atoms with Crippen LogP contribution in [-0.2, 0) is 16.1 Å². The van der Waals surface area contributed by atoms with Crippen LogP contribution in [0, 0.1) is 13.8 Å². The highest BCUT2D eigenvalue weighted by Gasteiger charge is 2.25. The summed E-state index contributed by atoms with van der Waals surface area (Å²) in [4.78, 5) is 13.0. The molecule has 8 heteroatoms. The van der Waals surface area contributed by atoms with Crippen LogP contribution in [0.5, 0.6) is 5.75 Å². The molecule has 1 aliphatic rings. The maximum atomic E-state index is 13.0. The topological polar surface area (TPSA) is 78.3 Å². The number of aryl methyl sites for hydroxylation is 2. The Morgan fingerprint density at radius 2 is 1.94 bits per heavy atom. The van der Waals surface area contributed by atoms with Gasteiger partial charge in [-0.05, 0) is 69.0 Å². The number of hydrogen-bond acceptors (Lipinski definition) is 6. The molecule has 1 N–H and O–H groups in total. The van der Waals surface area contributed by atoms with Gasteiger partial charge in [-0.15, -0.1) is 10.2 Å². The first-order valence-corrected chi connectivity index (χ1v) is 12.1. The van der Waals surface area contributed by atoms with E-state index in [-0.39, 0.29) is 17.3 Å². The molecular formula is C25H30N4O3S. The van der Waals surface area contributed by atoms with E-state index in [1.807, 2.05) is 63.2 Å². The molecule has 2 aromatic carbocycles. The predicted octanol–water partition coefficient (Wildman–Crippen LogP) is 4.87. The van der Waals surface area contributed by atoms with E-state index in [2.05, 4.69) is 20.1 Å². The number of carbonyl (C=O) groups is 1. The average Bonchev–Trinajstić information content (AvgIpc) is 3.47. The Bertz CT molecular complexity index is 1090. The summed E-state index contributed by atoms with van der Waals surface area (Å²) >= 11 is 1.41. The first-order chi connectivity index (χ1) is 16.0. The number of carbonyl (C=O) groups excluding carboxylic acids is 1. The van der Waals surface area contributed by atoms with Crippen LogP contribution in [0.4, 0.5) is 5.69 Å². The van der Waals surface area contributed by atoms with Crippen LogP contribution in [0.25, 0.3) is 11.4 Å². The van der Waals surface area contributed by atoms with Crippen molar-refractivity contribution in [2.75, 3.05) is 19.0 Å². The molecule has 0 saturated carbocycles. The van der Waals surface area contributed by atoms with Gasteiger partial charge < -0.3 is 14.8 Å². The van der Waals surface area contributed by atoms with Gasteiger partial charge in [0.25, 0.3) is 0 Å². The smallest absolute Gasteiger partial charge is 0.237 e. The molecule has 0 bridgehead atoms. The van der Waals surface area contributed by atoms with Crippen molar-refractivity contribution in [1.29, 1.82) is 0 Å². The molecule has 1 saturated heterocycles. The van der Waals surface area contributed by atoms with Gasteiger partial charge in [-0.25, -0.2) is 0 Å². The minimum absolute atomic E-state index is 0.0601. The van der Waals surface area contributed by atoms with Crippen LogP contribution < -0.4 is 10.1 Å². The second-order valence-electron chi connectivity index (χ2n) is 8.30. The lowest BCUT2D eigenvalue weighted by Gasteiger charge is -2.17. The molecule has 33 heavy (non-hydrogen) atoms. The van der Waals surface area contributed by atoms with E-state index in [1.54, 1.807) is 7.11 Å². The molecule has 2 heterocycles. The standard InChI is InChI=1S/C25H30N4O3S/c1-16-7-5-8-17(2)22(16)26-24(30)18(3)33-25-28-27-23(19-10-12-20(31-4)13-11-19)29(25)15-21-9-6-14-32-21/h5,7-8,10-13,18,21H,6,9,14-15H2,1-4H3,(H,26,30). The molecule has 0 spiro atoms. The fourth-order valence-electron chi connectivity index (χ4n) is 3.93. The molecule has 1 fully saturated rings. The summed E-state index contributed by atoms with van der Waals surface area (Å²) in [5.41, 5.74) is 3.91. The highest BCUT2D eigenvalue weighted by atomic mass is 32.2. The highest BCUT2D eigenvalue weighted by molar-refractivity contribution is 8.00. The van der Waals surface area contributed by atoms with E-state index in [0.29, 0.717) is 11.7 Å². The number of amides is 1. The number of thioether (sulfide) groups is 1. The maximum Gasteiger partial charge on any atom is 0.237 e. The fourth-order valence-corrected chi connectivity index (χ4v) is 4.79. The molecule has 2 atom stereocenters. The molecule has 7 nitrogen and oxygen atoms in total. The van der Waals surface area contributed by atoms with Gasteiger partial charge in [-0.1, -0.05) is 30.0 Å². The molecule has 0 radical (unpaired) electrons. The van der Waals surface area contributed by atoms with Gasteiger partial charge in [0.1, 0.15) is 5.75 Å². The lowest BCUT2D eigenvalue weighted by atomic mass is 10.1. The minimum atomic E-state index is -0.347. The lowest BCUT2D eigenvalue weighted by Crippen LogP contribution is -2.24. The van der Waals surface area contributed by atoms with Crippen molar-refractivity contribution in [3.63, 3.8) is 0 Å². The number of hydrogen-bond donors (Lipinski definition) is 1. The van der Waals surface area contributed by atoms with Crippen LogP contribution in [0.1, 0.15) is 30.9 Å². The summed E-state index contributed by atoms with van der Waals surface area (Å²) in [6.45, 7) is 7.33. The second-order valence-corrected chi connectivity index (χ2v) is 9.60. The van der Waals surface area contributed by atoms with E-state index in [0.717, 1.165) is 53.4 Å². The maximum absolute atomic E-state index is 13.0. The zero-order valence-electron chi connectivity index (χ0n) is 19.5. The SMILES string of the molecule is COc1ccc(-c2nnc(SC(C)C(=O)Nc3c(C)cccc3C)n2CC2CCCO2)cc1. The Morgan fingerprint density at radius 1 is 1.21 bits per heavy atom. The minimum Gasteiger partial charge on any atom is -0.497 e. The quantitative estimate of drug-likeness (QED) is 0.477. The molecule has 4 rings (SSSR count). The van der Waals surface area contributed by atoms with E-state index in [9.17, 15) is 4.79 Å². The Kier molecular flexibility index (Phi) is 7.35. The third-order valence-corrected chi connectivity index (χ3v) is 6.94. The zero-order chi connectivity index (χ0) is 23.4. The number of para-hydroxylation sites is 1. The van der Waals surface area contributed by atoms with Gasteiger partial charge in [-0.2, -0.15) is 0 Å². The van der Waals surface area contributed by atoms with E-state index in [4.69, 9.17) is 9.47 Å². The molecule has 0 aliphatic carbocycles. The summed E-state index contributed by atoms with van der Waals surface area (Å²) in [7, 11) is 1.65. The molecule has 1 aliphatic heterocycles. The van der Waals surface area contributed by atoms with E-state index < -0.39 is 0 Å². The third kappa shape index (κ3) is 5.39. The summed E-state index contributed by atoms with van der Waals surface area (Å²) in [5.74, 6) is 1.49. The van der Waals surface area contributed by atoms with E-state index >= 15 is 0 Å². The molecule has 2 unspecified atom stereocenters. The average molecular weight is 467 g/mol. The zero-order valence-corrected chi connectivity index (χ0v) is 20.3. The number of nitrogens with zero attached hydrogens (tertiary/aromatic N) is 3. The van der Waals surface area contributed by atoms with Gasteiger partial charge in [0.05, 0.1) is 25.0 Å². The summed E-state index contributed by atoms with van der Waals surface area (Å²) in [5, 5.41) is 12.4. The van der Waals surface area contributed by atoms with Crippen molar-refractivity contribution in [1.82, 2.24) is 14.8 Å². The van der Waals surface area contributed by atoms with Gasteiger partial charge in [0.2, 0.25) is 5.91 Å². The first kappa shape index (κ1) is 23.3. The number of anilines is 1. The normalized spacial score (nSPS) is 16.5. The molecule has 3 aromatic rings. The van der Waals surface area contributed by atoms with Crippen molar-refractivity contribution in [3.8, 4) is 17.1 Å². The number of rotatable bonds is 8. The number of benzene rings is 2. The van der Waals surface area contributed by atoms with Crippen LogP contribution in [0.15, 0.2) is 47.6 Å². The van der Waals surface area contributed by atoms with Crippen molar-refractivity contribution >= 4 is 23.4 Å². The van der Waals surface area contributed by atoms with Crippen molar-refractivity contribution in [2.45, 2.75) is 56.7 Å². The van der Waals surface area contributed by atoms with Gasteiger partial charge in [0, 0.05) is 17.9 Å². The molecular weight excluding hydrogens is 436 g/mol. The van der Waals surface area contributed by atoms with Gasteiger partial charge >= 0.3 is 0 Å². The van der Waals surface area contributed by atoms with Crippen molar-refractivity contribution in [3.05, 3.63) is 53.6 Å². The van der Waals surface area contributed by atoms with Crippen LogP contribution in [0.2, 0.25) is 0 Å². The molecule has 174 valence electrons. The third-order valence-electron chi connectivity index (χ3n) is 5.86. The largest absolute Gasteiger partial charge is 0.497 e. The fraction of sp³-hybridized carbons (Fsp3) is 0.400. The van der Waals surface area contributed by atoms with Crippen LogP contribution in [-0.4, -0.2) is 45.7 Å². The number of ether oxygens (including phenoxy) is 2.